The van der Waals surface area contributed by atoms with Crippen molar-refractivity contribution in [2.24, 2.45) is 5.73 Å². The Morgan fingerprint density at radius 1 is 0.914 bits per heavy atom. The van der Waals surface area contributed by atoms with Crippen LogP contribution in [0.5, 0.6) is 0 Å². The minimum Gasteiger partial charge on any atom is -0.385 e. The maximum Gasteiger partial charge on any atom is 0.255 e. The van der Waals surface area contributed by atoms with Gasteiger partial charge in [-0.1, -0.05) is 24.6 Å². The van der Waals surface area contributed by atoms with Gasteiger partial charge in [0.1, 0.15) is 12.3 Å². The zero-order valence-corrected chi connectivity index (χ0v) is 33.2. The Kier molecular flexibility index (Phi) is 12.0. The first-order valence-electron chi connectivity index (χ1n) is 19.5. The number of carbonyl (C=O) groups is 4. The summed E-state index contributed by atoms with van der Waals surface area (Å²) >= 11 is 0. The second kappa shape index (κ2) is 17.5. The lowest BCUT2D eigenvalue weighted by molar-refractivity contribution is -0.131. The number of pyridine rings is 1. The molecule has 302 valence electrons. The fourth-order valence-electron chi connectivity index (χ4n) is 7.50. The third-order valence-electron chi connectivity index (χ3n) is 10.7. The molecule has 2 aliphatic rings. The summed E-state index contributed by atoms with van der Waals surface area (Å²) < 4.78 is 25.5. The molecule has 15 nitrogen and oxygen atoms in total. The predicted octanol–water partition coefficient (Wildman–Crippen LogP) is 4.65. The number of anilines is 4. The number of aldehydes is 1. The molecule has 4 heterocycles. The smallest absolute Gasteiger partial charge is 0.255 e. The number of nitrogens with one attached hydrogen (secondary N) is 2. The summed E-state index contributed by atoms with van der Waals surface area (Å²) in [5.41, 5.74) is 11.9. The molecule has 0 aliphatic carbocycles. The second-order valence-electron chi connectivity index (χ2n) is 14.7. The van der Waals surface area contributed by atoms with Gasteiger partial charge in [0, 0.05) is 86.6 Å². The SMILES string of the molecule is CS(=O)(=O)c1ccc(-c2cccc3nc(Nc4ccc(N5CCN(C(=O)CCCCCNc6ccc7c(c6)CN(C(CCC=O)C(N)=O)C7=O)CC5)cc4)nn23)cc1. The molecule has 5 aromatic rings. The van der Waals surface area contributed by atoms with Crippen LogP contribution in [-0.4, -0.2) is 102 Å². The van der Waals surface area contributed by atoms with E-state index in [2.05, 4.69) is 25.6 Å². The monoisotopic (exact) mass is 805 g/mol. The molecule has 2 aromatic heterocycles. The van der Waals surface area contributed by atoms with Gasteiger partial charge in [0.25, 0.3) is 5.91 Å². The summed E-state index contributed by atoms with van der Waals surface area (Å²) in [5, 5.41) is 11.4. The topological polar surface area (TPSA) is 192 Å². The highest BCUT2D eigenvalue weighted by molar-refractivity contribution is 7.90. The quantitative estimate of drug-likeness (QED) is 0.0876. The zero-order chi connectivity index (χ0) is 40.8. The van der Waals surface area contributed by atoms with E-state index < -0.39 is 21.8 Å². The predicted molar refractivity (Wildman–Crippen MR) is 222 cm³/mol. The number of aromatic nitrogens is 3. The van der Waals surface area contributed by atoms with Gasteiger partial charge >= 0.3 is 0 Å². The van der Waals surface area contributed by atoms with Crippen molar-refractivity contribution < 1.29 is 27.6 Å². The summed E-state index contributed by atoms with van der Waals surface area (Å²) in [5.74, 6) is -0.251. The Hall–Kier alpha value is -6.29. The van der Waals surface area contributed by atoms with Gasteiger partial charge in [-0.15, -0.1) is 5.10 Å². The number of primary amides is 1. The van der Waals surface area contributed by atoms with E-state index >= 15 is 0 Å². The van der Waals surface area contributed by atoms with Crippen LogP contribution in [0.2, 0.25) is 0 Å². The molecule has 7 rings (SSSR count). The van der Waals surface area contributed by atoms with Gasteiger partial charge in [-0.3, -0.25) is 14.4 Å². The molecule has 1 fully saturated rings. The number of fused-ring (bicyclic) bond motifs is 2. The van der Waals surface area contributed by atoms with Crippen molar-refractivity contribution in [1.82, 2.24) is 24.4 Å². The molecule has 4 N–H and O–H groups in total. The average Bonchev–Trinajstić information content (AvgIpc) is 3.78. The van der Waals surface area contributed by atoms with Gasteiger partial charge in [-0.25, -0.2) is 12.9 Å². The van der Waals surface area contributed by atoms with Gasteiger partial charge in [-0.05, 0) is 91.6 Å². The number of nitrogens with two attached hydrogens (primary N) is 1. The third-order valence-corrected chi connectivity index (χ3v) is 11.8. The maximum absolute atomic E-state index is 13.0. The van der Waals surface area contributed by atoms with Gasteiger partial charge < -0.3 is 35.9 Å². The number of unbranched alkanes of at least 4 members (excludes halogenated alkanes) is 2. The highest BCUT2D eigenvalue weighted by atomic mass is 32.2. The van der Waals surface area contributed by atoms with Crippen LogP contribution >= 0.6 is 0 Å². The van der Waals surface area contributed by atoms with E-state index in [0.717, 1.165) is 79.1 Å². The molecule has 58 heavy (non-hydrogen) atoms. The molecule has 0 radical (unpaired) electrons. The Morgan fingerprint density at radius 2 is 1.66 bits per heavy atom. The highest BCUT2D eigenvalue weighted by Crippen LogP contribution is 2.29. The van der Waals surface area contributed by atoms with Crippen LogP contribution in [0, 0.1) is 0 Å². The van der Waals surface area contributed by atoms with E-state index in [-0.39, 0.29) is 36.1 Å². The molecule has 1 unspecified atom stereocenters. The van der Waals surface area contributed by atoms with Crippen molar-refractivity contribution >= 4 is 62.5 Å². The molecule has 1 atom stereocenters. The normalized spacial score (nSPS) is 14.7. The number of benzene rings is 3. The number of carbonyl (C=O) groups excluding carboxylic acids is 4. The molecule has 2 aliphatic heterocycles. The number of sulfone groups is 1. The first-order chi connectivity index (χ1) is 28.0. The van der Waals surface area contributed by atoms with Crippen molar-refractivity contribution in [3.8, 4) is 11.3 Å². The fraction of sp³-hybridized carbons (Fsp3) is 0.333. The Morgan fingerprint density at radius 3 is 2.36 bits per heavy atom. The number of rotatable bonds is 17. The Bertz CT molecular complexity index is 2410. The van der Waals surface area contributed by atoms with E-state index in [0.29, 0.717) is 36.7 Å². The van der Waals surface area contributed by atoms with E-state index in [1.807, 2.05) is 59.5 Å². The van der Waals surface area contributed by atoms with Crippen LogP contribution in [0.4, 0.5) is 23.0 Å². The molecule has 16 heteroatoms. The first-order valence-corrected chi connectivity index (χ1v) is 21.3. The van der Waals surface area contributed by atoms with Gasteiger partial charge in [0.2, 0.25) is 17.8 Å². The molecule has 3 aromatic carbocycles. The summed E-state index contributed by atoms with van der Waals surface area (Å²) in [4.78, 5) is 59.3. The van der Waals surface area contributed by atoms with Gasteiger partial charge in [0.15, 0.2) is 15.5 Å². The fourth-order valence-corrected chi connectivity index (χ4v) is 8.13. The van der Waals surface area contributed by atoms with Gasteiger partial charge in [0.05, 0.1) is 10.6 Å². The van der Waals surface area contributed by atoms with Crippen molar-refractivity contribution in [2.75, 3.05) is 54.5 Å². The van der Waals surface area contributed by atoms with Crippen molar-refractivity contribution in [3.05, 3.63) is 96.1 Å². The van der Waals surface area contributed by atoms with Crippen LogP contribution in [-0.2, 0) is 30.8 Å². The summed E-state index contributed by atoms with van der Waals surface area (Å²) in [6, 6.07) is 25.2. The summed E-state index contributed by atoms with van der Waals surface area (Å²) in [7, 11) is -3.29. The second-order valence-corrected chi connectivity index (χ2v) is 16.7. The number of piperazine rings is 1. The van der Waals surface area contributed by atoms with Crippen LogP contribution in [0.25, 0.3) is 16.9 Å². The molecule has 0 spiro atoms. The number of hydrogen-bond acceptors (Lipinski definition) is 11. The Balaban J connectivity index is 0.822. The average molecular weight is 806 g/mol. The largest absolute Gasteiger partial charge is 0.385 e. The first kappa shape index (κ1) is 39.9. The lowest BCUT2D eigenvalue weighted by atomic mass is 10.1. The molecule has 0 bridgehead atoms. The molecule has 3 amide bonds. The third kappa shape index (κ3) is 9.12. The molecular weight excluding hydrogens is 759 g/mol. The van der Waals surface area contributed by atoms with Crippen molar-refractivity contribution in [1.29, 1.82) is 0 Å². The molecular formula is C42H47N9O6S. The summed E-state index contributed by atoms with van der Waals surface area (Å²) in [6.07, 6.45) is 5.38. The number of hydrogen-bond donors (Lipinski definition) is 3. The standard InChI is InChI=1S/C42H47N9O6S/c1-58(56,57)34-18-11-29(12-19-34)36-7-5-9-38-46-42(47-51(36)38)45-31-13-16-33(17-14-31)48-22-24-49(25-23-48)39(53)10-3-2-4-21-44-32-15-20-35-30(27-32)28-50(41(35)55)37(40(43)54)8-6-26-52/h5,7,9,11-20,26-27,37,44H,2-4,6,8,10,21-25,28H2,1H3,(H2,43,54)(H,45,47). The highest BCUT2D eigenvalue weighted by Gasteiger charge is 2.35. The van der Waals surface area contributed by atoms with E-state index in [1.165, 1.54) is 11.2 Å². The molecule has 1 saturated heterocycles. The Labute approximate surface area is 337 Å². The minimum atomic E-state index is -3.29. The number of amides is 3. The van der Waals surface area contributed by atoms with Crippen LogP contribution in [0.3, 0.4) is 0 Å². The zero-order valence-electron chi connectivity index (χ0n) is 32.3. The van der Waals surface area contributed by atoms with Crippen molar-refractivity contribution in [3.63, 3.8) is 0 Å². The lowest BCUT2D eigenvalue weighted by Gasteiger charge is -2.36. The minimum absolute atomic E-state index is 0.157. The maximum atomic E-state index is 13.0. The van der Waals surface area contributed by atoms with Gasteiger partial charge in [-0.2, -0.15) is 4.98 Å². The van der Waals surface area contributed by atoms with Crippen LogP contribution < -0.4 is 21.3 Å². The lowest BCUT2D eigenvalue weighted by Crippen LogP contribution is -2.48. The molecule has 0 saturated carbocycles. The van der Waals surface area contributed by atoms with Crippen LogP contribution in [0.1, 0.15) is 54.4 Å². The van der Waals surface area contributed by atoms with Crippen molar-refractivity contribution in [2.45, 2.75) is 56.0 Å². The van der Waals surface area contributed by atoms with E-state index in [1.54, 1.807) is 34.8 Å². The number of nitrogens with zero attached hydrogens (tertiary/aromatic N) is 6. The van der Waals surface area contributed by atoms with Crippen LogP contribution in [0.15, 0.2) is 89.8 Å². The van der Waals surface area contributed by atoms with E-state index in [9.17, 15) is 27.6 Å². The van der Waals surface area contributed by atoms with E-state index in [4.69, 9.17) is 5.73 Å². The summed E-state index contributed by atoms with van der Waals surface area (Å²) in [6.45, 7) is 3.83.